The fourth-order valence-corrected chi connectivity index (χ4v) is 1.88. The van der Waals surface area contributed by atoms with E-state index in [0.717, 1.165) is 0 Å². The number of pyridine rings is 1. The van der Waals surface area contributed by atoms with Crippen LogP contribution in [0.4, 0.5) is 0 Å². The summed E-state index contributed by atoms with van der Waals surface area (Å²) in [6.45, 7) is 4.74. The molecule has 1 aromatic heterocycles. The van der Waals surface area contributed by atoms with E-state index in [1.54, 1.807) is 0 Å². The first kappa shape index (κ1) is 14.4. The van der Waals surface area contributed by atoms with Gasteiger partial charge in [-0.2, -0.15) is 0 Å². The van der Waals surface area contributed by atoms with Crippen LogP contribution in [-0.4, -0.2) is 41.2 Å². The van der Waals surface area contributed by atoms with E-state index in [4.69, 9.17) is 5.11 Å². The van der Waals surface area contributed by atoms with Gasteiger partial charge in [0.2, 0.25) is 0 Å². The maximum absolute atomic E-state index is 11.9. The van der Waals surface area contributed by atoms with E-state index in [0.29, 0.717) is 6.54 Å². The molecule has 0 fully saturated rings. The third-order valence-electron chi connectivity index (χ3n) is 2.86. The first-order valence-corrected chi connectivity index (χ1v) is 5.93. The fourth-order valence-electron chi connectivity index (χ4n) is 1.88. The Morgan fingerprint density at radius 1 is 1.39 bits per heavy atom. The van der Waals surface area contributed by atoms with Crippen LogP contribution in [0.25, 0.3) is 0 Å². The van der Waals surface area contributed by atoms with E-state index in [1.165, 1.54) is 22.9 Å². The molecule has 0 aliphatic heterocycles. The number of likely N-dealkylation sites (N-methyl/N-ethyl adjacent to an activating group) is 1. The van der Waals surface area contributed by atoms with E-state index in [9.17, 15) is 9.59 Å². The lowest BCUT2D eigenvalue weighted by Gasteiger charge is -2.26. The van der Waals surface area contributed by atoms with E-state index in [2.05, 4.69) is 0 Å². The molecule has 0 aliphatic rings. The van der Waals surface area contributed by atoms with Crippen LogP contribution in [0.5, 0.6) is 0 Å². The van der Waals surface area contributed by atoms with Crippen LogP contribution in [0.1, 0.15) is 30.2 Å². The van der Waals surface area contributed by atoms with Crippen LogP contribution in [-0.2, 0) is 0 Å². The second kappa shape index (κ2) is 5.82. The number of carbonyl (C=O) groups is 1. The van der Waals surface area contributed by atoms with E-state index in [1.807, 2.05) is 32.8 Å². The molecule has 0 aliphatic carbocycles. The highest BCUT2D eigenvalue weighted by atomic mass is 16.4. The molecule has 1 rings (SSSR count). The third kappa shape index (κ3) is 3.43. The van der Waals surface area contributed by atoms with Crippen LogP contribution in [0.3, 0.4) is 0 Å². The van der Waals surface area contributed by atoms with Crippen LogP contribution in [0.15, 0.2) is 23.1 Å². The largest absolute Gasteiger partial charge is 0.478 e. The van der Waals surface area contributed by atoms with Gasteiger partial charge in [0.15, 0.2) is 0 Å². The van der Waals surface area contributed by atoms with Crippen molar-refractivity contribution in [2.24, 2.45) is 5.92 Å². The summed E-state index contributed by atoms with van der Waals surface area (Å²) in [5.41, 5.74) is -0.0282. The fraction of sp³-hybridized carbons (Fsp3) is 0.538. The lowest BCUT2D eigenvalue weighted by molar-refractivity contribution is 0.0695. The Hall–Kier alpha value is -1.62. The van der Waals surface area contributed by atoms with Crippen molar-refractivity contribution >= 4 is 5.97 Å². The first-order chi connectivity index (χ1) is 8.32. The van der Waals surface area contributed by atoms with Gasteiger partial charge >= 0.3 is 5.97 Å². The summed E-state index contributed by atoms with van der Waals surface area (Å²) in [4.78, 5) is 24.8. The minimum absolute atomic E-state index is 0.0354. The van der Waals surface area contributed by atoms with Gasteiger partial charge < -0.3 is 14.6 Å². The Labute approximate surface area is 107 Å². The van der Waals surface area contributed by atoms with Gasteiger partial charge in [0.1, 0.15) is 0 Å². The summed E-state index contributed by atoms with van der Waals surface area (Å²) in [6, 6.07) is 2.62. The van der Waals surface area contributed by atoms with E-state index >= 15 is 0 Å². The average Bonchev–Trinajstić information content (AvgIpc) is 2.26. The number of rotatable bonds is 5. The summed E-state index contributed by atoms with van der Waals surface area (Å²) < 4.78 is 1.52. The molecule has 1 aromatic rings. The third-order valence-corrected chi connectivity index (χ3v) is 2.86. The molecule has 1 atom stereocenters. The van der Waals surface area contributed by atoms with Crippen LogP contribution in [0, 0.1) is 5.92 Å². The Bertz CT molecular complexity index is 477. The molecule has 5 nitrogen and oxygen atoms in total. The summed E-state index contributed by atoms with van der Waals surface area (Å²) in [7, 11) is 3.86. The summed E-state index contributed by atoms with van der Waals surface area (Å²) in [5.74, 6) is -0.773. The number of aromatic carboxylic acids is 1. The van der Waals surface area contributed by atoms with Gasteiger partial charge in [-0.05, 0) is 26.1 Å². The van der Waals surface area contributed by atoms with Gasteiger partial charge in [-0.15, -0.1) is 0 Å². The maximum Gasteiger partial charge on any atom is 0.337 e. The van der Waals surface area contributed by atoms with E-state index in [-0.39, 0.29) is 23.1 Å². The topological polar surface area (TPSA) is 62.5 Å². The van der Waals surface area contributed by atoms with Gasteiger partial charge in [0, 0.05) is 18.8 Å². The van der Waals surface area contributed by atoms with Gasteiger partial charge in [-0.1, -0.05) is 13.8 Å². The Morgan fingerprint density at radius 3 is 2.44 bits per heavy atom. The molecule has 0 saturated heterocycles. The highest BCUT2D eigenvalue weighted by Gasteiger charge is 2.18. The summed E-state index contributed by atoms with van der Waals surface area (Å²) in [5, 5.41) is 8.98. The zero-order valence-corrected chi connectivity index (χ0v) is 11.3. The van der Waals surface area contributed by atoms with E-state index < -0.39 is 5.97 Å². The smallest absolute Gasteiger partial charge is 0.337 e. The molecule has 1 N–H and O–H groups in total. The zero-order valence-electron chi connectivity index (χ0n) is 11.3. The number of carboxylic acids is 1. The van der Waals surface area contributed by atoms with Crippen molar-refractivity contribution < 1.29 is 9.90 Å². The van der Waals surface area contributed by atoms with Crippen molar-refractivity contribution in [1.82, 2.24) is 9.47 Å². The first-order valence-electron chi connectivity index (χ1n) is 5.93. The van der Waals surface area contributed by atoms with Crippen molar-refractivity contribution in [2.75, 3.05) is 20.6 Å². The van der Waals surface area contributed by atoms with Gasteiger partial charge in [-0.25, -0.2) is 4.79 Å². The van der Waals surface area contributed by atoms with Gasteiger partial charge in [0.05, 0.1) is 11.6 Å². The highest BCUT2D eigenvalue weighted by molar-refractivity contribution is 5.87. The lowest BCUT2D eigenvalue weighted by atomic mass is 10.0. The molecular weight excluding hydrogens is 232 g/mol. The number of aromatic nitrogens is 1. The zero-order chi connectivity index (χ0) is 13.9. The molecule has 0 spiro atoms. The molecule has 0 bridgehead atoms. The number of carboxylic acid groups (broad SMARTS) is 1. The SMILES string of the molecule is CC(C)C(CN(C)C)n1cc(C(=O)O)ccc1=O. The molecule has 100 valence electrons. The molecule has 1 unspecified atom stereocenters. The molecule has 0 radical (unpaired) electrons. The summed E-state index contributed by atoms with van der Waals surface area (Å²) in [6.07, 6.45) is 1.43. The minimum atomic E-state index is -1.02. The highest BCUT2D eigenvalue weighted by Crippen LogP contribution is 2.17. The molecule has 5 heteroatoms. The van der Waals surface area contributed by atoms with Crippen LogP contribution >= 0.6 is 0 Å². The summed E-state index contributed by atoms with van der Waals surface area (Å²) >= 11 is 0. The van der Waals surface area contributed by atoms with Crippen molar-refractivity contribution in [2.45, 2.75) is 19.9 Å². The maximum atomic E-state index is 11.9. The average molecular weight is 252 g/mol. The van der Waals surface area contributed by atoms with Crippen LogP contribution in [0.2, 0.25) is 0 Å². The molecule has 1 heterocycles. The monoisotopic (exact) mass is 252 g/mol. The van der Waals surface area contributed by atoms with Crippen molar-refractivity contribution in [3.63, 3.8) is 0 Å². The molecule has 18 heavy (non-hydrogen) atoms. The van der Waals surface area contributed by atoms with Gasteiger partial charge in [0.25, 0.3) is 5.56 Å². The molecule has 0 saturated carbocycles. The second-order valence-electron chi connectivity index (χ2n) is 5.04. The normalized spacial score (nSPS) is 13.0. The van der Waals surface area contributed by atoms with Crippen molar-refractivity contribution in [3.05, 3.63) is 34.2 Å². The second-order valence-corrected chi connectivity index (χ2v) is 5.04. The number of hydrogen-bond donors (Lipinski definition) is 1. The van der Waals surface area contributed by atoms with Gasteiger partial charge in [-0.3, -0.25) is 4.79 Å². The molecule has 0 aromatic carbocycles. The van der Waals surface area contributed by atoms with Crippen molar-refractivity contribution in [1.29, 1.82) is 0 Å². The number of nitrogens with zero attached hydrogens (tertiary/aromatic N) is 2. The predicted molar refractivity (Wildman–Crippen MR) is 70.1 cm³/mol. The Balaban J connectivity index is 3.22. The Kier molecular flexibility index (Phi) is 4.67. The number of hydrogen-bond acceptors (Lipinski definition) is 3. The standard InChI is InChI=1S/C13H20N2O3/c1-9(2)11(8-14(3)4)15-7-10(13(17)18)5-6-12(15)16/h5-7,9,11H,8H2,1-4H3,(H,17,18). The quantitative estimate of drug-likeness (QED) is 0.858. The molecule has 0 amide bonds. The lowest BCUT2D eigenvalue weighted by Crippen LogP contribution is -2.34. The Morgan fingerprint density at radius 2 is 2.00 bits per heavy atom. The van der Waals surface area contributed by atoms with Crippen LogP contribution < -0.4 is 5.56 Å². The predicted octanol–water partition coefficient (Wildman–Crippen LogP) is 1.31. The minimum Gasteiger partial charge on any atom is -0.478 e. The molecular formula is C13H20N2O3. The van der Waals surface area contributed by atoms with Crippen molar-refractivity contribution in [3.8, 4) is 0 Å².